The highest BCUT2D eigenvalue weighted by Gasteiger charge is 2.22. The molecule has 50 heavy (non-hydrogen) atoms. The van der Waals surface area contributed by atoms with E-state index in [2.05, 4.69) is 54.0 Å². The van der Waals surface area contributed by atoms with Crippen LogP contribution in [0.25, 0.3) is 0 Å². The van der Waals surface area contributed by atoms with Gasteiger partial charge in [-0.05, 0) is 31.4 Å². The molecule has 0 aliphatic rings. The van der Waals surface area contributed by atoms with E-state index in [-0.39, 0.29) is 0 Å². The minimum absolute atomic E-state index is 0.730. The molecule has 0 aliphatic carbocycles. The summed E-state index contributed by atoms with van der Waals surface area (Å²) in [6, 6.07) is 4.39. The molecule has 1 aromatic rings. The van der Waals surface area contributed by atoms with E-state index >= 15 is 0 Å². The predicted octanol–water partition coefficient (Wildman–Crippen LogP) is 14.8. The van der Waals surface area contributed by atoms with E-state index in [0.717, 1.165) is 67.4 Å². The van der Waals surface area contributed by atoms with Gasteiger partial charge in [0.2, 0.25) is 5.75 Å². The van der Waals surface area contributed by atoms with E-state index in [1.54, 1.807) is 0 Å². The Morgan fingerprint density at radius 2 is 0.660 bits per heavy atom. The van der Waals surface area contributed by atoms with Gasteiger partial charge in [-0.25, -0.2) is 0 Å². The van der Waals surface area contributed by atoms with E-state index < -0.39 is 0 Å². The molecule has 0 fully saturated rings. The molecule has 0 heterocycles. The van der Waals surface area contributed by atoms with Crippen LogP contribution in [0.3, 0.4) is 0 Å². The normalized spacial score (nSPS) is 11.7. The van der Waals surface area contributed by atoms with Crippen LogP contribution in [0.5, 0.6) is 17.2 Å². The molecule has 294 valence electrons. The third kappa shape index (κ3) is 27.3. The van der Waals surface area contributed by atoms with Gasteiger partial charge in [-0.2, -0.15) is 0 Å². The smallest absolute Gasteiger partial charge is 0.204 e. The predicted molar refractivity (Wildman–Crippen MR) is 220 cm³/mol. The molecule has 0 spiro atoms. The van der Waals surface area contributed by atoms with Gasteiger partial charge in [-0.15, -0.1) is 0 Å². The Morgan fingerprint density at radius 3 is 1.00 bits per heavy atom. The van der Waals surface area contributed by atoms with E-state index in [0.29, 0.717) is 0 Å². The summed E-state index contributed by atoms with van der Waals surface area (Å²) < 4.78 is 20.6. The van der Waals surface area contributed by atoms with Gasteiger partial charge in [0.1, 0.15) is 6.54 Å². The van der Waals surface area contributed by atoms with Gasteiger partial charge >= 0.3 is 0 Å². The molecule has 1 aromatic carbocycles. The van der Waals surface area contributed by atoms with Crippen molar-refractivity contribution in [3.05, 3.63) is 17.7 Å². The number of ether oxygens (including phenoxy) is 3. The van der Waals surface area contributed by atoms with Crippen LogP contribution < -0.4 is 14.2 Å². The minimum Gasteiger partial charge on any atom is -0.490 e. The van der Waals surface area contributed by atoms with Gasteiger partial charge in [-0.1, -0.05) is 194 Å². The van der Waals surface area contributed by atoms with E-state index in [4.69, 9.17) is 14.2 Å². The SMILES string of the molecule is CCCCCCCCCCCCOc1ccc(C[N+](C)(C)C)c(OCCCCCCCCCCCC)c1OCCCCCCCCCCCC. The summed E-state index contributed by atoms with van der Waals surface area (Å²) >= 11 is 0. The Hall–Kier alpha value is -1.42. The number of rotatable bonds is 38. The zero-order chi connectivity index (χ0) is 36.4. The second-order valence-electron chi connectivity index (χ2n) is 16.4. The molecule has 0 unspecified atom stereocenters. The van der Waals surface area contributed by atoms with Crippen molar-refractivity contribution in [3.63, 3.8) is 0 Å². The number of hydrogen-bond donors (Lipinski definition) is 0. The number of benzene rings is 1. The third-order valence-electron chi connectivity index (χ3n) is 10.0. The highest BCUT2D eigenvalue weighted by atomic mass is 16.5. The van der Waals surface area contributed by atoms with Crippen LogP contribution in [-0.4, -0.2) is 45.4 Å². The summed E-state index contributed by atoms with van der Waals surface area (Å²) in [6.07, 6.45) is 40.0. The summed E-state index contributed by atoms with van der Waals surface area (Å²) in [6.45, 7) is 10.0. The molecule has 0 saturated heterocycles. The van der Waals surface area contributed by atoms with Crippen LogP contribution in [0, 0.1) is 0 Å². The lowest BCUT2D eigenvalue weighted by molar-refractivity contribution is -0.884. The first-order chi connectivity index (χ1) is 24.4. The maximum Gasteiger partial charge on any atom is 0.204 e. The Bertz CT molecular complexity index is 864. The second kappa shape index (κ2) is 33.4. The highest BCUT2D eigenvalue weighted by molar-refractivity contribution is 5.55. The van der Waals surface area contributed by atoms with Crippen molar-refractivity contribution in [2.24, 2.45) is 0 Å². The Labute approximate surface area is 313 Å². The van der Waals surface area contributed by atoms with Crippen molar-refractivity contribution in [1.82, 2.24) is 0 Å². The van der Waals surface area contributed by atoms with Crippen LogP contribution >= 0.6 is 0 Å². The Morgan fingerprint density at radius 1 is 0.360 bits per heavy atom. The molecule has 0 N–H and O–H groups in total. The van der Waals surface area contributed by atoms with E-state index in [9.17, 15) is 0 Å². The van der Waals surface area contributed by atoms with Crippen molar-refractivity contribution < 1.29 is 18.7 Å². The molecular formula is C46H88NO3+. The topological polar surface area (TPSA) is 27.7 Å². The van der Waals surface area contributed by atoms with Crippen molar-refractivity contribution in [1.29, 1.82) is 0 Å². The van der Waals surface area contributed by atoms with Crippen molar-refractivity contribution >= 4 is 0 Å². The molecule has 0 bridgehead atoms. The fourth-order valence-electron chi connectivity index (χ4n) is 6.93. The first-order valence-corrected chi connectivity index (χ1v) is 22.3. The maximum atomic E-state index is 6.67. The van der Waals surface area contributed by atoms with Crippen LogP contribution in [0.2, 0.25) is 0 Å². The van der Waals surface area contributed by atoms with Crippen molar-refractivity contribution in [2.75, 3.05) is 41.0 Å². The monoisotopic (exact) mass is 703 g/mol. The van der Waals surface area contributed by atoms with Crippen LogP contribution in [0.4, 0.5) is 0 Å². The van der Waals surface area contributed by atoms with Crippen LogP contribution in [0.1, 0.15) is 219 Å². The molecular weight excluding hydrogens is 615 g/mol. The van der Waals surface area contributed by atoms with Gasteiger partial charge in [0.15, 0.2) is 11.5 Å². The summed E-state index contributed by atoms with van der Waals surface area (Å²) in [7, 11) is 6.77. The molecule has 4 heteroatoms. The fraction of sp³-hybridized carbons (Fsp3) is 0.870. The quantitative estimate of drug-likeness (QED) is 0.0507. The van der Waals surface area contributed by atoms with Crippen LogP contribution in [-0.2, 0) is 6.54 Å². The fourth-order valence-corrected chi connectivity index (χ4v) is 6.93. The van der Waals surface area contributed by atoms with Gasteiger partial charge in [0.25, 0.3) is 0 Å². The minimum atomic E-state index is 0.730. The molecule has 0 radical (unpaired) electrons. The van der Waals surface area contributed by atoms with Crippen molar-refractivity contribution in [2.45, 2.75) is 220 Å². The second-order valence-corrected chi connectivity index (χ2v) is 16.4. The molecule has 0 aliphatic heterocycles. The third-order valence-corrected chi connectivity index (χ3v) is 10.0. The highest BCUT2D eigenvalue weighted by Crippen LogP contribution is 2.42. The maximum absolute atomic E-state index is 6.67. The standard InChI is InChI=1S/C46H88NO3/c1-7-10-13-16-19-22-25-28-31-34-39-48-44-38-37-43(42-47(4,5)6)45(49-40-35-32-29-26-23-20-17-14-11-8-2)46(44)50-41-36-33-30-27-24-21-18-15-12-9-3/h37-38H,7-36,39-42H2,1-6H3/q+1. The summed E-state index contributed by atoms with van der Waals surface area (Å²) in [5.74, 6) is 2.66. The molecule has 0 aromatic heterocycles. The first-order valence-electron chi connectivity index (χ1n) is 22.3. The zero-order valence-corrected chi connectivity index (χ0v) is 34.9. The molecule has 4 nitrogen and oxygen atoms in total. The van der Waals surface area contributed by atoms with Gasteiger partial charge < -0.3 is 18.7 Å². The average Bonchev–Trinajstić information content (AvgIpc) is 3.09. The molecule has 0 saturated carbocycles. The number of quaternary nitrogens is 1. The molecule has 0 amide bonds. The van der Waals surface area contributed by atoms with Gasteiger partial charge in [0, 0.05) is 0 Å². The summed E-state index contributed by atoms with van der Waals surface area (Å²) in [4.78, 5) is 0. The van der Waals surface area contributed by atoms with Gasteiger partial charge in [0.05, 0.1) is 46.5 Å². The van der Waals surface area contributed by atoms with Crippen LogP contribution in [0.15, 0.2) is 12.1 Å². The Kier molecular flexibility index (Phi) is 31.1. The lowest BCUT2D eigenvalue weighted by Crippen LogP contribution is -2.33. The van der Waals surface area contributed by atoms with E-state index in [1.165, 1.54) is 179 Å². The average molecular weight is 703 g/mol. The lowest BCUT2D eigenvalue weighted by atomic mass is 10.1. The molecule has 1 rings (SSSR count). The van der Waals surface area contributed by atoms with Gasteiger partial charge in [-0.3, -0.25) is 0 Å². The summed E-state index contributed by atoms with van der Waals surface area (Å²) in [5.41, 5.74) is 1.23. The summed E-state index contributed by atoms with van der Waals surface area (Å²) in [5, 5.41) is 0. The Balaban J connectivity index is 2.73. The van der Waals surface area contributed by atoms with Crippen molar-refractivity contribution in [3.8, 4) is 17.2 Å². The first kappa shape index (κ1) is 46.6. The number of unbranched alkanes of at least 4 members (excludes halogenated alkanes) is 27. The number of nitrogens with zero attached hydrogens (tertiary/aromatic N) is 1. The number of hydrogen-bond acceptors (Lipinski definition) is 3. The van der Waals surface area contributed by atoms with E-state index in [1.807, 2.05) is 0 Å². The largest absolute Gasteiger partial charge is 0.490 e. The lowest BCUT2D eigenvalue weighted by Gasteiger charge is -2.26. The molecule has 0 atom stereocenters. The zero-order valence-electron chi connectivity index (χ0n) is 34.9.